The predicted molar refractivity (Wildman–Crippen MR) is 141 cm³/mol. The van der Waals surface area contributed by atoms with Gasteiger partial charge in [0.1, 0.15) is 12.6 Å². The Kier molecular flexibility index (Phi) is 7.25. The third kappa shape index (κ3) is 5.31. The molecule has 5 rings (SSSR count). The number of likely N-dealkylation sites (N-methyl/N-ethyl adjacent to an activating group) is 1. The topological polar surface area (TPSA) is 67.2 Å². The lowest BCUT2D eigenvalue weighted by Crippen LogP contribution is -2.49. The molecule has 2 aromatic heterocycles. The second-order valence-corrected chi connectivity index (χ2v) is 10.4. The molecule has 2 amide bonds. The van der Waals surface area contributed by atoms with Gasteiger partial charge >= 0.3 is 6.18 Å². The van der Waals surface area contributed by atoms with E-state index in [1.807, 2.05) is 47.8 Å². The maximum atomic E-state index is 13.6. The number of halogens is 3. The van der Waals surface area contributed by atoms with Gasteiger partial charge < -0.3 is 10.2 Å². The number of carbonyl (C=O) groups is 2. The van der Waals surface area contributed by atoms with E-state index < -0.39 is 23.8 Å². The summed E-state index contributed by atoms with van der Waals surface area (Å²) >= 11 is 1.56. The molecule has 1 aliphatic carbocycles. The van der Waals surface area contributed by atoms with Gasteiger partial charge in [-0.3, -0.25) is 14.3 Å². The molecule has 0 radical (unpaired) electrons. The highest BCUT2D eigenvalue weighted by Gasteiger charge is 2.39. The van der Waals surface area contributed by atoms with Crippen LogP contribution in [0.2, 0.25) is 0 Å². The van der Waals surface area contributed by atoms with Crippen LogP contribution in [0.1, 0.15) is 35.4 Å². The second kappa shape index (κ2) is 10.6. The molecular formula is C28H27F3N4O2S. The fourth-order valence-electron chi connectivity index (χ4n) is 5.03. The molecule has 10 heteroatoms. The molecule has 4 aromatic rings. The Morgan fingerprint density at radius 2 is 1.79 bits per heavy atom. The Morgan fingerprint density at radius 1 is 1.08 bits per heavy atom. The summed E-state index contributed by atoms with van der Waals surface area (Å²) in [4.78, 5) is 28.3. The molecular weight excluding hydrogens is 513 g/mol. The van der Waals surface area contributed by atoms with E-state index in [1.165, 1.54) is 4.90 Å². The van der Waals surface area contributed by atoms with Crippen molar-refractivity contribution in [2.75, 3.05) is 11.9 Å². The number of thiophene rings is 1. The number of carbonyl (C=O) groups excluding carboxylic acids is 2. The highest BCUT2D eigenvalue weighted by molar-refractivity contribution is 7.17. The predicted octanol–water partition coefficient (Wildman–Crippen LogP) is 5.39. The molecule has 1 N–H and O–H groups in total. The van der Waals surface area contributed by atoms with Gasteiger partial charge in [0.2, 0.25) is 11.8 Å². The summed E-state index contributed by atoms with van der Waals surface area (Å²) in [5, 5.41) is 9.57. The number of para-hydroxylation sites is 1. The molecule has 1 atom stereocenters. The van der Waals surface area contributed by atoms with Crippen LogP contribution in [0.15, 0.2) is 60.0 Å². The van der Waals surface area contributed by atoms with E-state index in [4.69, 9.17) is 0 Å². The summed E-state index contributed by atoms with van der Waals surface area (Å²) in [6.07, 6.45) is -2.21. The third-order valence-corrected chi connectivity index (χ3v) is 7.92. The van der Waals surface area contributed by atoms with Crippen molar-refractivity contribution in [3.8, 4) is 0 Å². The number of hydrogen-bond acceptors (Lipinski definition) is 4. The first-order chi connectivity index (χ1) is 18.2. The van der Waals surface area contributed by atoms with Crippen LogP contribution in [-0.2, 0) is 41.6 Å². The molecule has 0 saturated carbocycles. The minimum atomic E-state index is -4.58. The molecule has 2 aromatic carbocycles. The highest BCUT2D eigenvalue weighted by Crippen LogP contribution is 2.36. The number of anilines is 1. The van der Waals surface area contributed by atoms with Crippen LogP contribution in [0.3, 0.4) is 0 Å². The van der Waals surface area contributed by atoms with Gasteiger partial charge in [0, 0.05) is 35.1 Å². The van der Waals surface area contributed by atoms with Gasteiger partial charge in [0.15, 0.2) is 5.69 Å². The van der Waals surface area contributed by atoms with Crippen molar-refractivity contribution >= 4 is 38.9 Å². The van der Waals surface area contributed by atoms with Crippen molar-refractivity contribution < 1.29 is 22.8 Å². The number of hydrogen-bond donors (Lipinski definition) is 1. The van der Waals surface area contributed by atoms with Crippen LogP contribution in [0.4, 0.5) is 18.9 Å². The average Bonchev–Trinajstić information content (AvgIpc) is 3.50. The molecule has 0 saturated heterocycles. The summed E-state index contributed by atoms with van der Waals surface area (Å²) in [5.41, 5.74) is 1.30. The minimum absolute atomic E-state index is 0.178. The van der Waals surface area contributed by atoms with Crippen LogP contribution in [0.25, 0.3) is 10.1 Å². The smallest absolute Gasteiger partial charge is 0.342 e. The van der Waals surface area contributed by atoms with Gasteiger partial charge in [0.25, 0.3) is 0 Å². The zero-order valence-electron chi connectivity index (χ0n) is 20.8. The number of fused-ring (bicyclic) bond motifs is 2. The van der Waals surface area contributed by atoms with Gasteiger partial charge in [-0.15, -0.1) is 11.3 Å². The van der Waals surface area contributed by atoms with Crippen LogP contribution in [0.5, 0.6) is 0 Å². The first-order valence-electron chi connectivity index (χ1n) is 12.4. The largest absolute Gasteiger partial charge is 0.435 e. The quantitative estimate of drug-likeness (QED) is 0.342. The fraction of sp³-hybridized carbons (Fsp3) is 0.321. The lowest BCUT2D eigenvalue weighted by atomic mass is 9.95. The van der Waals surface area contributed by atoms with Crippen molar-refractivity contribution in [1.29, 1.82) is 0 Å². The molecule has 38 heavy (non-hydrogen) atoms. The molecule has 6 nitrogen and oxygen atoms in total. The van der Waals surface area contributed by atoms with E-state index in [1.54, 1.807) is 30.5 Å². The van der Waals surface area contributed by atoms with Crippen molar-refractivity contribution in [1.82, 2.24) is 15.1 Å². The molecule has 1 aliphatic rings. The highest BCUT2D eigenvalue weighted by atomic mass is 32.1. The van der Waals surface area contributed by atoms with Crippen molar-refractivity contribution in [3.05, 3.63) is 82.5 Å². The Labute approximate surface area is 222 Å². The van der Waals surface area contributed by atoms with E-state index in [0.717, 1.165) is 26.8 Å². The molecule has 1 unspecified atom stereocenters. The van der Waals surface area contributed by atoms with Crippen LogP contribution in [-0.4, -0.2) is 34.7 Å². The first-order valence-corrected chi connectivity index (χ1v) is 13.3. The Morgan fingerprint density at radius 3 is 2.55 bits per heavy atom. The molecule has 0 spiro atoms. The summed E-state index contributed by atoms with van der Waals surface area (Å²) in [6, 6.07) is 16.0. The number of nitrogens with one attached hydrogen (secondary N) is 1. The van der Waals surface area contributed by atoms with Gasteiger partial charge in [0.05, 0.1) is 0 Å². The lowest BCUT2D eigenvalue weighted by molar-refractivity contribution is -0.142. The van der Waals surface area contributed by atoms with Gasteiger partial charge in [-0.2, -0.15) is 18.3 Å². The summed E-state index contributed by atoms with van der Waals surface area (Å²) in [5.74, 6) is -0.882. The Bertz CT molecular complexity index is 1460. The van der Waals surface area contributed by atoms with E-state index in [2.05, 4.69) is 10.4 Å². The standard InChI is InChI=1S/C28H27F3N4O2S/c1-34(19-9-3-2-4-10-19)27(37)22(15-18-17-38-24-14-8-6-11-20(18)24)32-25(36)16-35-23-13-7-5-12-21(23)26(33-35)28(29,30)31/h2-4,6,8-11,14,17,22H,5,7,12-13,15-16H2,1H3,(H,32,36). The zero-order chi connectivity index (χ0) is 26.9. The number of alkyl halides is 3. The summed E-state index contributed by atoms with van der Waals surface area (Å²) < 4.78 is 43.0. The van der Waals surface area contributed by atoms with E-state index in [0.29, 0.717) is 30.6 Å². The van der Waals surface area contributed by atoms with E-state index in [9.17, 15) is 22.8 Å². The van der Waals surface area contributed by atoms with Gasteiger partial charge in [-0.25, -0.2) is 0 Å². The summed E-state index contributed by atoms with van der Waals surface area (Å²) in [6.45, 7) is -0.387. The SMILES string of the molecule is CN(C(=O)C(Cc1csc2ccccc12)NC(=O)Cn1nc(C(F)(F)F)c2c1CCCC2)c1ccccc1. The minimum Gasteiger partial charge on any atom is -0.342 e. The summed E-state index contributed by atoms with van der Waals surface area (Å²) in [7, 11) is 1.64. The Balaban J connectivity index is 1.41. The molecule has 198 valence electrons. The molecule has 0 aliphatic heterocycles. The number of nitrogens with zero attached hydrogens (tertiary/aromatic N) is 3. The Hall–Kier alpha value is -3.66. The molecule has 0 fully saturated rings. The van der Waals surface area contributed by atoms with E-state index in [-0.39, 0.29) is 24.4 Å². The number of rotatable bonds is 7. The zero-order valence-corrected chi connectivity index (χ0v) is 21.6. The average molecular weight is 541 g/mol. The number of benzene rings is 2. The van der Waals surface area contributed by atoms with Gasteiger partial charge in [-0.05, 0) is 60.2 Å². The van der Waals surface area contributed by atoms with Crippen LogP contribution < -0.4 is 10.2 Å². The van der Waals surface area contributed by atoms with Crippen molar-refractivity contribution in [2.45, 2.75) is 50.9 Å². The first kappa shape index (κ1) is 26.0. The van der Waals surface area contributed by atoms with E-state index >= 15 is 0 Å². The van der Waals surface area contributed by atoms with Crippen molar-refractivity contribution in [3.63, 3.8) is 0 Å². The van der Waals surface area contributed by atoms with Crippen LogP contribution in [0, 0.1) is 0 Å². The third-order valence-electron chi connectivity index (χ3n) is 6.91. The van der Waals surface area contributed by atoms with Crippen LogP contribution >= 0.6 is 11.3 Å². The van der Waals surface area contributed by atoms with Gasteiger partial charge in [-0.1, -0.05) is 36.4 Å². The number of amides is 2. The normalized spacial score (nSPS) is 14.2. The maximum Gasteiger partial charge on any atom is 0.435 e. The number of aromatic nitrogens is 2. The lowest BCUT2D eigenvalue weighted by Gasteiger charge is -2.25. The van der Waals surface area contributed by atoms with Crippen molar-refractivity contribution in [2.24, 2.45) is 0 Å². The molecule has 0 bridgehead atoms. The molecule has 2 heterocycles. The second-order valence-electron chi connectivity index (χ2n) is 9.45. The maximum absolute atomic E-state index is 13.6. The monoisotopic (exact) mass is 540 g/mol. The fourth-order valence-corrected chi connectivity index (χ4v) is 6.00.